The van der Waals surface area contributed by atoms with Gasteiger partial charge in [-0.05, 0) is 71.6 Å². The highest BCUT2D eigenvalue weighted by Crippen LogP contribution is 2.46. The van der Waals surface area contributed by atoms with Crippen molar-refractivity contribution in [3.63, 3.8) is 0 Å². The Labute approximate surface area is 254 Å². The molecular formula is C30H27BrFN7O4. The second-order valence-electron chi connectivity index (χ2n) is 10.8. The molecule has 11 nitrogen and oxygen atoms in total. The second kappa shape index (κ2) is 11.3. The number of likely N-dealkylation sites (tertiary alicyclic amines) is 1. The first-order valence-electron chi connectivity index (χ1n) is 13.7. The fraction of sp³-hybridized carbons (Fsp3) is 0.300. The molecule has 0 bridgehead atoms. The number of halogens is 2. The van der Waals surface area contributed by atoms with Crippen LogP contribution in [0.25, 0.3) is 10.9 Å². The Bertz CT molecular complexity index is 1760. The van der Waals surface area contributed by atoms with E-state index in [2.05, 4.69) is 41.5 Å². The zero-order chi connectivity index (χ0) is 30.3. The minimum Gasteiger partial charge on any atom is -0.340 e. The smallest absolute Gasteiger partial charge is 0.289 e. The number of rotatable bonds is 8. The summed E-state index contributed by atoms with van der Waals surface area (Å²) in [4.78, 5) is 65.4. The number of nitrogens with zero attached hydrogens (tertiary/aromatic N) is 5. The van der Waals surface area contributed by atoms with Gasteiger partial charge >= 0.3 is 0 Å². The van der Waals surface area contributed by atoms with E-state index in [0.717, 1.165) is 5.56 Å². The summed E-state index contributed by atoms with van der Waals surface area (Å²) >= 11 is 3.25. The molecule has 1 aliphatic heterocycles. The second-order valence-corrected chi connectivity index (χ2v) is 11.6. The summed E-state index contributed by atoms with van der Waals surface area (Å²) in [5, 5.41) is 6.33. The molecule has 43 heavy (non-hydrogen) atoms. The van der Waals surface area contributed by atoms with Gasteiger partial charge in [-0.25, -0.2) is 19.3 Å². The van der Waals surface area contributed by atoms with Crippen molar-refractivity contribution in [3.8, 4) is 0 Å². The molecule has 2 fully saturated rings. The predicted octanol–water partition coefficient (Wildman–Crippen LogP) is 3.79. The van der Waals surface area contributed by atoms with Gasteiger partial charge in [0.25, 0.3) is 5.91 Å². The summed E-state index contributed by atoms with van der Waals surface area (Å²) in [5.74, 6) is -1.20. The number of aromatic nitrogens is 4. The Morgan fingerprint density at radius 2 is 1.86 bits per heavy atom. The van der Waals surface area contributed by atoms with E-state index in [1.54, 1.807) is 41.1 Å². The standard InChI is InChI=1S/C30H27BrFN7O4/c1-17(40)21-15-38(16-26(41)39-14-19(32)13-23(39)28(42)36-25-5-2-4-24(31)35-25)22-7-6-18(12-20(21)22)30(8-9-30)37-29(43)27-33-10-3-11-34-27/h2-7,10-12,15,19,23H,8-9,13-14,16H2,1H3,(H,37,43)(H,35,36,42)/t19-,23+/m1/s1. The number of hydrogen-bond donors (Lipinski definition) is 2. The lowest BCUT2D eigenvalue weighted by Crippen LogP contribution is -2.44. The first-order valence-corrected chi connectivity index (χ1v) is 14.5. The number of carbonyl (C=O) groups excluding carboxylic acids is 4. The first kappa shape index (κ1) is 28.6. The number of pyridine rings is 1. The van der Waals surface area contributed by atoms with Crippen molar-refractivity contribution >= 4 is 56.2 Å². The fourth-order valence-corrected chi connectivity index (χ4v) is 5.88. The van der Waals surface area contributed by atoms with Crippen LogP contribution < -0.4 is 10.6 Å². The molecule has 6 rings (SSSR count). The number of benzene rings is 1. The maximum Gasteiger partial charge on any atom is 0.289 e. The van der Waals surface area contributed by atoms with Crippen LogP contribution in [0.4, 0.5) is 10.2 Å². The van der Waals surface area contributed by atoms with E-state index in [0.29, 0.717) is 33.9 Å². The van der Waals surface area contributed by atoms with Crippen LogP contribution in [0.1, 0.15) is 52.7 Å². The minimum absolute atomic E-state index is 0.0706. The minimum atomic E-state index is -1.35. The summed E-state index contributed by atoms with van der Waals surface area (Å²) in [6.07, 6.45) is 4.56. The molecule has 4 aromatic rings. The van der Waals surface area contributed by atoms with E-state index < -0.39 is 29.6 Å². The van der Waals surface area contributed by atoms with Crippen molar-refractivity contribution in [3.05, 3.63) is 82.6 Å². The van der Waals surface area contributed by atoms with Crippen LogP contribution in [0.15, 0.2) is 65.7 Å². The molecule has 1 saturated heterocycles. The quantitative estimate of drug-likeness (QED) is 0.219. The summed E-state index contributed by atoms with van der Waals surface area (Å²) < 4.78 is 16.7. The molecule has 220 valence electrons. The molecule has 13 heteroatoms. The van der Waals surface area contributed by atoms with Crippen molar-refractivity contribution in [2.24, 2.45) is 0 Å². The molecule has 1 aliphatic carbocycles. The maximum atomic E-state index is 14.5. The third kappa shape index (κ3) is 5.76. The molecule has 0 radical (unpaired) electrons. The average molecular weight is 648 g/mol. The number of fused-ring (bicyclic) bond motifs is 1. The topological polar surface area (TPSA) is 139 Å². The van der Waals surface area contributed by atoms with Crippen LogP contribution >= 0.6 is 15.9 Å². The number of anilines is 1. The average Bonchev–Trinajstić information content (AvgIpc) is 3.51. The molecule has 2 aliphatic rings. The molecule has 1 aromatic carbocycles. The molecule has 0 spiro atoms. The van der Waals surface area contributed by atoms with Gasteiger partial charge in [-0.1, -0.05) is 12.1 Å². The lowest BCUT2D eigenvalue weighted by Gasteiger charge is -2.24. The largest absolute Gasteiger partial charge is 0.340 e. The summed E-state index contributed by atoms with van der Waals surface area (Å²) in [7, 11) is 0. The Balaban J connectivity index is 1.23. The third-order valence-corrected chi connectivity index (χ3v) is 8.27. The maximum absolute atomic E-state index is 14.5. The van der Waals surface area contributed by atoms with Crippen molar-refractivity contribution < 1.29 is 23.6 Å². The van der Waals surface area contributed by atoms with Crippen molar-refractivity contribution in [1.82, 2.24) is 29.7 Å². The fourth-order valence-electron chi connectivity index (χ4n) is 5.54. The summed E-state index contributed by atoms with van der Waals surface area (Å²) in [6, 6.07) is 11.2. The van der Waals surface area contributed by atoms with E-state index in [1.165, 1.54) is 24.2 Å². The Hall–Kier alpha value is -4.52. The molecule has 2 N–H and O–H groups in total. The Kier molecular flexibility index (Phi) is 7.50. The number of alkyl halides is 1. The number of amides is 3. The molecule has 3 aromatic heterocycles. The van der Waals surface area contributed by atoms with Gasteiger partial charge in [-0.2, -0.15) is 0 Å². The monoisotopic (exact) mass is 647 g/mol. The Morgan fingerprint density at radius 1 is 1.09 bits per heavy atom. The highest BCUT2D eigenvalue weighted by Gasteiger charge is 2.46. The van der Waals surface area contributed by atoms with Gasteiger partial charge in [0.05, 0.1) is 12.1 Å². The van der Waals surface area contributed by atoms with Gasteiger partial charge in [0.2, 0.25) is 17.6 Å². The van der Waals surface area contributed by atoms with Gasteiger partial charge in [-0.15, -0.1) is 0 Å². The molecule has 3 amide bonds. The van der Waals surface area contributed by atoms with E-state index >= 15 is 0 Å². The Morgan fingerprint density at radius 3 is 2.56 bits per heavy atom. The van der Waals surface area contributed by atoms with Gasteiger partial charge in [0.15, 0.2) is 5.78 Å². The molecule has 2 atom stereocenters. The number of hydrogen-bond acceptors (Lipinski definition) is 7. The van der Waals surface area contributed by atoms with Crippen LogP contribution in [0.2, 0.25) is 0 Å². The van der Waals surface area contributed by atoms with Crippen LogP contribution in [-0.4, -0.2) is 66.7 Å². The van der Waals surface area contributed by atoms with Crippen LogP contribution in [0.3, 0.4) is 0 Å². The molecular weight excluding hydrogens is 621 g/mol. The predicted molar refractivity (Wildman–Crippen MR) is 158 cm³/mol. The lowest BCUT2D eigenvalue weighted by molar-refractivity contribution is -0.137. The molecule has 4 heterocycles. The number of Topliss-reactive ketones (excluding diaryl/α,β-unsaturated/α-hetero) is 1. The SMILES string of the molecule is CC(=O)c1cn(CC(=O)N2C[C@H](F)C[C@H]2C(=O)Nc2cccc(Br)n2)c2ccc(C3(NC(=O)c4ncccn4)CC3)cc12. The molecule has 1 saturated carbocycles. The van der Waals surface area contributed by atoms with E-state index in [9.17, 15) is 23.6 Å². The normalized spacial score (nSPS) is 18.8. The van der Waals surface area contributed by atoms with Gasteiger partial charge in [0.1, 0.15) is 29.2 Å². The lowest BCUT2D eigenvalue weighted by atomic mass is 10.0. The van der Waals surface area contributed by atoms with Crippen LogP contribution in [0, 0.1) is 0 Å². The number of nitrogens with one attached hydrogen (secondary N) is 2. The van der Waals surface area contributed by atoms with E-state index in [1.807, 2.05) is 12.1 Å². The zero-order valence-corrected chi connectivity index (χ0v) is 24.7. The van der Waals surface area contributed by atoms with E-state index in [4.69, 9.17) is 0 Å². The van der Waals surface area contributed by atoms with Gasteiger partial charge < -0.3 is 20.1 Å². The van der Waals surface area contributed by atoms with Gasteiger partial charge in [0, 0.05) is 41.5 Å². The van der Waals surface area contributed by atoms with Crippen LogP contribution in [-0.2, 0) is 21.7 Å². The highest BCUT2D eigenvalue weighted by atomic mass is 79.9. The number of ketones is 1. The first-order chi connectivity index (χ1) is 20.6. The zero-order valence-electron chi connectivity index (χ0n) is 23.1. The third-order valence-electron chi connectivity index (χ3n) is 7.83. The van der Waals surface area contributed by atoms with Crippen molar-refractivity contribution in [2.45, 2.75) is 50.5 Å². The van der Waals surface area contributed by atoms with E-state index in [-0.39, 0.29) is 42.8 Å². The van der Waals surface area contributed by atoms with Crippen molar-refractivity contribution in [2.75, 3.05) is 11.9 Å². The van der Waals surface area contributed by atoms with Crippen molar-refractivity contribution in [1.29, 1.82) is 0 Å². The summed E-state index contributed by atoms with van der Waals surface area (Å²) in [6.45, 7) is 1.04. The highest BCUT2D eigenvalue weighted by molar-refractivity contribution is 9.10. The van der Waals surface area contributed by atoms with Crippen LogP contribution in [0.5, 0.6) is 0 Å². The summed E-state index contributed by atoms with van der Waals surface area (Å²) in [5.41, 5.74) is 1.27. The molecule has 0 unspecified atom stereocenters. The number of carbonyl (C=O) groups is 4. The van der Waals surface area contributed by atoms with Gasteiger partial charge in [-0.3, -0.25) is 19.2 Å².